The Morgan fingerprint density at radius 3 is 2.89 bits per heavy atom. The van der Waals surface area contributed by atoms with Gasteiger partial charge in [0.1, 0.15) is 5.82 Å². The molecule has 1 aromatic rings. The minimum absolute atomic E-state index is 0.212. The van der Waals surface area contributed by atoms with Gasteiger partial charge in [0.2, 0.25) is 0 Å². The van der Waals surface area contributed by atoms with Gasteiger partial charge in [0, 0.05) is 25.7 Å². The number of likely N-dealkylation sites (tertiary alicyclic amines) is 1. The first-order chi connectivity index (χ1) is 8.63. The fourth-order valence-electron chi connectivity index (χ4n) is 3.43. The molecule has 2 aliphatic rings. The van der Waals surface area contributed by atoms with Crippen molar-refractivity contribution >= 4 is 11.6 Å². The van der Waals surface area contributed by atoms with Crippen LogP contribution in [0, 0.1) is 17.7 Å². The molecule has 3 atom stereocenters. The summed E-state index contributed by atoms with van der Waals surface area (Å²) in [5.74, 6) is 1.07. The maximum atomic E-state index is 13.1. The van der Waals surface area contributed by atoms with Crippen molar-refractivity contribution < 1.29 is 4.39 Å². The molecule has 4 heteroatoms. The molecule has 3 unspecified atom stereocenters. The predicted molar refractivity (Wildman–Crippen MR) is 70.9 cm³/mol. The molecule has 1 aliphatic carbocycles. The number of halogens is 2. The summed E-state index contributed by atoms with van der Waals surface area (Å²) in [5.41, 5.74) is 7.20. The van der Waals surface area contributed by atoms with E-state index < -0.39 is 0 Å². The first-order valence-corrected chi connectivity index (χ1v) is 6.93. The van der Waals surface area contributed by atoms with Crippen molar-refractivity contribution in [2.24, 2.45) is 17.6 Å². The van der Waals surface area contributed by atoms with Crippen LogP contribution in [0.5, 0.6) is 0 Å². The molecule has 0 spiro atoms. The van der Waals surface area contributed by atoms with E-state index in [1.807, 2.05) is 6.07 Å². The zero-order chi connectivity index (χ0) is 12.7. The molecule has 2 N–H and O–H groups in total. The Balaban J connectivity index is 1.66. The Hall–Kier alpha value is -0.640. The van der Waals surface area contributed by atoms with Gasteiger partial charge in [-0.05, 0) is 42.4 Å². The molecule has 1 aliphatic heterocycles. The van der Waals surface area contributed by atoms with Crippen molar-refractivity contribution in [1.29, 1.82) is 0 Å². The summed E-state index contributed by atoms with van der Waals surface area (Å²) >= 11 is 5.80. The molecule has 0 amide bonds. The average molecular weight is 269 g/mol. The number of nitrogens with two attached hydrogens (primary N) is 1. The van der Waals surface area contributed by atoms with E-state index in [1.165, 1.54) is 18.9 Å². The Morgan fingerprint density at radius 2 is 2.17 bits per heavy atom. The minimum Gasteiger partial charge on any atom is -0.327 e. The summed E-state index contributed by atoms with van der Waals surface area (Å²) in [6, 6.07) is 5.36. The molecule has 18 heavy (non-hydrogen) atoms. The van der Waals surface area contributed by atoms with Crippen molar-refractivity contribution in [1.82, 2.24) is 4.90 Å². The molecule has 0 bridgehead atoms. The van der Waals surface area contributed by atoms with Gasteiger partial charge < -0.3 is 5.73 Å². The Bertz CT molecular complexity index is 451. The predicted octanol–water partition coefficient (Wildman–Crippen LogP) is 2.65. The van der Waals surface area contributed by atoms with Crippen molar-refractivity contribution in [3.8, 4) is 0 Å². The Morgan fingerprint density at radius 1 is 1.33 bits per heavy atom. The molecule has 2 nitrogen and oxygen atoms in total. The summed E-state index contributed by atoms with van der Waals surface area (Å²) in [5, 5.41) is 0.212. The lowest BCUT2D eigenvalue weighted by atomic mass is 9.98. The molecular weight excluding hydrogens is 251 g/mol. The van der Waals surface area contributed by atoms with E-state index in [0.29, 0.717) is 12.0 Å². The Labute approximate surface area is 112 Å². The van der Waals surface area contributed by atoms with Crippen LogP contribution in [-0.4, -0.2) is 24.0 Å². The maximum Gasteiger partial charge on any atom is 0.141 e. The van der Waals surface area contributed by atoms with Gasteiger partial charge in [0.05, 0.1) is 5.02 Å². The fourth-order valence-corrected chi connectivity index (χ4v) is 3.63. The van der Waals surface area contributed by atoms with Crippen molar-refractivity contribution in [3.63, 3.8) is 0 Å². The lowest BCUT2D eigenvalue weighted by Crippen LogP contribution is -2.30. The fraction of sp³-hybridized carbons (Fsp3) is 0.571. The lowest BCUT2D eigenvalue weighted by molar-refractivity contribution is 0.298. The van der Waals surface area contributed by atoms with Crippen LogP contribution in [0.1, 0.15) is 18.4 Å². The zero-order valence-corrected chi connectivity index (χ0v) is 11.0. The smallest absolute Gasteiger partial charge is 0.141 e. The first-order valence-electron chi connectivity index (χ1n) is 6.55. The van der Waals surface area contributed by atoms with Gasteiger partial charge in [-0.15, -0.1) is 0 Å². The van der Waals surface area contributed by atoms with E-state index in [-0.39, 0.29) is 10.8 Å². The summed E-state index contributed by atoms with van der Waals surface area (Å²) < 4.78 is 13.1. The third kappa shape index (κ3) is 2.27. The van der Waals surface area contributed by atoms with Crippen LogP contribution in [-0.2, 0) is 6.54 Å². The van der Waals surface area contributed by atoms with Crippen LogP contribution in [0.25, 0.3) is 0 Å². The van der Waals surface area contributed by atoms with E-state index >= 15 is 0 Å². The number of hydrogen-bond donors (Lipinski definition) is 1. The SMILES string of the molecule is NC1CCC2CN(Cc3ccc(F)c(Cl)c3)CC12. The quantitative estimate of drug-likeness (QED) is 0.894. The average Bonchev–Trinajstić information content (AvgIpc) is 2.87. The van der Waals surface area contributed by atoms with Crippen LogP contribution < -0.4 is 5.73 Å². The summed E-state index contributed by atoms with van der Waals surface area (Å²) in [6.45, 7) is 3.04. The van der Waals surface area contributed by atoms with Crippen LogP contribution in [0.4, 0.5) is 4.39 Å². The van der Waals surface area contributed by atoms with E-state index in [9.17, 15) is 4.39 Å². The molecule has 0 aromatic heterocycles. The second-order valence-electron chi connectivity index (χ2n) is 5.61. The highest BCUT2D eigenvalue weighted by Crippen LogP contribution is 2.37. The van der Waals surface area contributed by atoms with Crippen LogP contribution in [0.2, 0.25) is 5.02 Å². The van der Waals surface area contributed by atoms with Crippen molar-refractivity contribution in [3.05, 3.63) is 34.6 Å². The van der Waals surface area contributed by atoms with E-state index in [2.05, 4.69) is 4.90 Å². The number of nitrogens with zero attached hydrogens (tertiary/aromatic N) is 1. The van der Waals surface area contributed by atoms with E-state index in [4.69, 9.17) is 17.3 Å². The van der Waals surface area contributed by atoms with Crippen LogP contribution >= 0.6 is 11.6 Å². The normalized spacial score (nSPS) is 31.8. The number of benzene rings is 1. The zero-order valence-electron chi connectivity index (χ0n) is 10.3. The van der Waals surface area contributed by atoms with Crippen LogP contribution in [0.3, 0.4) is 0 Å². The molecule has 1 heterocycles. The largest absolute Gasteiger partial charge is 0.327 e. The van der Waals surface area contributed by atoms with E-state index in [1.54, 1.807) is 6.07 Å². The molecular formula is C14H18ClFN2. The molecule has 1 saturated heterocycles. The molecule has 3 rings (SSSR count). The molecule has 1 saturated carbocycles. The molecule has 2 fully saturated rings. The number of rotatable bonds is 2. The molecule has 1 aromatic carbocycles. The van der Waals surface area contributed by atoms with Crippen LogP contribution in [0.15, 0.2) is 18.2 Å². The summed E-state index contributed by atoms with van der Waals surface area (Å²) in [7, 11) is 0. The standard InChI is InChI=1S/C14H18ClFN2/c15-12-5-9(1-3-13(12)16)6-18-7-10-2-4-14(17)11(10)8-18/h1,3,5,10-11,14H,2,4,6-8,17H2. The maximum absolute atomic E-state index is 13.1. The van der Waals surface area contributed by atoms with Gasteiger partial charge in [-0.2, -0.15) is 0 Å². The highest BCUT2D eigenvalue weighted by atomic mass is 35.5. The Kier molecular flexibility index (Phi) is 3.31. The van der Waals surface area contributed by atoms with Crippen molar-refractivity contribution in [2.45, 2.75) is 25.4 Å². The third-order valence-electron chi connectivity index (χ3n) is 4.38. The second kappa shape index (κ2) is 4.80. The molecule has 98 valence electrons. The number of fused-ring (bicyclic) bond motifs is 1. The summed E-state index contributed by atoms with van der Waals surface area (Å²) in [6.07, 6.45) is 2.43. The van der Waals surface area contributed by atoms with Gasteiger partial charge >= 0.3 is 0 Å². The monoisotopic (exact) mass is 268 g/mol. The lowest BCUT2D eigenvalue weighted by Gasteiger charge is -2.18. The summed E-state index contributed by atoms with van der Waals surface area (Å²) in [4.78, 5) is 2.41. The number of hydrogen-bond acceptors (Lipinski definition) is 2. The second-order valence-corrected chi connectivity index (χ2v) is 6.01. The first kappa shape index (κ1) is 12.4. The van der Waals surface area contributed by atoms with E-state index in [0.717, 1.165) is 31.1 Å². The topological polar surface area (TPSA) is 29.3 Å². The third-order valence-corrected chi connectivity index (χ3v) is 4.67. The van der Waals surface area contributed by atoms with Crippen molar-refractivity contribution in [2.75, 3.05) is 13.1 Å². The van der Waals surface area contributed by atoms with Gasteiger partial charge in [-0.1, -0.05) is 17.7 Å². The highest BCUT2D eigenvalue weighted by molar-refractivity contribution is 6.30. The van der Waals surface area contributed by atoms with Gasteiger partial charge in [-0.25, -0.2) is 4.39 Å². The van der Waals surface area contributed by atoms with Gasteiger partial charge in [0.15, 0.2) is 0 Å². The van der Waals surface area contributed by atoms with Gasteiger partial charge in [0.25, 0.3) is 0 Å². The minimum atomic E-state index is -0.347. The highest BCUT2D eigenvalue weighted by Gasteiger charge is 2.40. The van der Waals surface area contributed by atoms with Gasteiger partial charge in [-0.3, -0.25) is 4.90 Å². The molecule has 0 radical (unpaired) electrons.